The third kappa shape index (κ3) is 2.33. The van der Waals surface area contributed by atoms with Crippen LogP contribution < -0.4 is 15.1 Å². The van der Waals surface area contributed by atoms with Gasteiger partial charge in [0.05, 0.1) is 24.4 Å². The molecular formula is C18H18FN3O4. The second-order valence-electron chi connectivity index (χ2n) is 6.66. The second kappa shape index (κ2) is 5.76. The summed E-state index contributed by atoms with van der Waals surface area (Å²) in [6.07, 6.45) is 1.22. The Hall–Kier alpha value is -3.03. The van der Waals surface area contributed by atoms with Crippen LogP contribution in [-0.2, 0) is 10.2 Å². The molecule has 1 aliphatic heterocycles. The van der Waals surface area contributed by atoms with Crippen molar-refractivity contribution >= 4 is 17.4 Å². The van der Waals surface area contributed by atoms with Crippen molar-refractivity contribution < 1.29 is 18.7 Å². The number of methoxy groups -OCH3 is 1. The average Bonchev–Trinajstić information content (AvgIpc) is 2.76. The molecule has 8 heteroatoms. The van der Waals surface area contributed by atoms with Crippen LogP contribution in [0.15, 0.2) is 23.1 Å². The number of halogens is 1. The normalized spacial score (nSPS) is 15.2. The predicted octanol–water partition coefficient (Wildman–Crippen LogP) is 1.84. The Morgan fingerprint density at radius 3 is 2.42 bits per heavy atom. The van der Waals surface area contributed by atoms with Crippen LogP contribution in [0.2, 0.25) is 0 Å². The van der Waals surface area contributed by atoms with Gasteiger partial charge in [0.1, 0.15) is 5.69 Å². The van der Waals surface area contributed by atoms with Crippen molar-refractivity contribution in [2.45, 2.75) is 26.2 Å². The topological polar surface area (TPSA) is 81.5 Å². The second-order valence-corrected chi connectivity index (χ2v) is 6.66. The smallest absolute Gasteiger partial charge is 0.252 e. The highest BCUT2D eigenvalue weighted by atomic mass is 19.1. The summed E-state index contributed by atoms with van der Waals surface area (Å²) in [5, 5.41) is 3.96. The molecule has 0 aliphatic carbocycles. The van der Waals surface area contributed by atoms with Crippen molar-refractivity contribution in [1.82, 2.24) is 9.78 Å². The Labute approximate surface area is 149 Å². The lowest BCUT2D eigenvalue weighted by molar-refractivity contribution is -0.121. The zero-order valence-corrected chi connectivity index (χ0v) is 15.1. The van der Waals surface area contributed by atoms with Gasteiger partial charge in [-0.3, -0.25) is 14.4 Å². The fraction of sp³-hybridized carbons (Fsp3) is 0.333. The number of carbonyl (C=O) groups is 2. The Kier molecular flexibility index (Phi) is 3.94. The van der Waals surface area contributed by atoms with E-state index in [-0.39, 0.29) is 28.6 Å². The van der Waals surface area contributed by atoms with E-state index in [1.165, 1.54) is 31.2 Å². The molecule has 0 bridgehead atoms. The number of nitrogens with zero attached hydrogens (tertiary/aromatic N) is 3. The van der Waals surface area contributed by atoms with E-state index >= 15 is 4.39 Å². The molecule has 2 aromatic rings. The van der Waals surface area contributed by atoms with Gasteiger partial charge in [0.2, 0.25) is 5.91 Å². The van der Waals surface area contributed by atoms with Crippen molar-refractivity contribution in [2.75, 3.05) is 19.1 Å². The summed E-state index contributed by atoms with van der Waals surface area (Å²) in [7, 11) is 2.87. The molecule has 1 aromatic heterocycles. The van der Waals surface area contributed by atoms with Crippen molar-refractivity contribution in [3.63, 3.8) is 0 Å². The van der Waals surface area contributed by atoms with E-state index in [0.29, 0.717) is 5.69 Å². The summed E-state index contributed by atoms with van der Waals surface area (Å²) >= 11 is 0. The van der Waals surface area contributed by atoms with Gasteiger partial charge >= 0.3 is 0 Å². The molecule has 0 saturated carbocycles. The van der Waals surface area contributed by atoms with E-state index in [1.54, 1.807) is 27.0 Å². The number of benzene rings is 1. The van der Waals surface area contributed by atoms with Gasteiger partial charge in [-0.1, -0.05) is 0 Å². The third-order valence-electron chi connectivity index (χ3n) is 4.61. The first kappa shape index (κ1) is 17.8. The van der Waals surface area contributed by atoms with E-state index < -0.39 is 22.4 Å². The maximum absolute atomic E-state index is 15.3. The van der Waals surface area contributed by atoms with Crippen LogP contribution in [0.1, 0.15) is 36.8 Å². The molecule has 0 spiro atoms. The van der Waals surface area contributed by atoms with Gasteiger partial charge in [-0.2, -0.15) is 5.10 Å². The van der Waals surface area contributed by atoms with Crippen LogP contribution in [0.4, 0.5) is 10.1 Å². The number of amides is 1. The molecule has 0 saturated heterocycles. The van der Waals surface area contributed by atoms with E-state index in [0.717, 1.165) is 4.68 Å². The number of hydrogen-bond acceptors (Lipinski definition) is 5. The molecule has 0 unspecified atom stereocenters. The molecule has 1 aromatic carbocycles. The van der Waals surface area contributed by atoms with Crippen molar-refractivity contribution in [3.05, 3.63) is 45.6 Å². The number of fused-ring (bicyclic) bond motifs is 1. The minimum Gasteiger partial charge on any atom is -0.491 e. The lowest BCUT2D eigenvalue weighted by Crippen LogP contribution is -2.33. The highest BCUT2D eigenvalue weighted by Gasteiger charge is 2.45. The predicted molar refractivity (Wildman–Crippen MR) is 92.8 cm³/mol. The molecule has 0 N–H and O–H groups in total. The minimum absolute atomic E-state index is 0.0146. The van der Waals surface area contributed by atoms with Gasteiger partial charge < -0.3 is 9.64 Å². The SMILES string of the molecule is COc1cn(-c2ccc3c(c2F)C(C)(C)C(=O)N3C)nc(C(C)=O)c1=O. The van der Waals surface area contributed by atoms with Gasteiger partial charge in [0, 0.05) is 19.5 Å². The van der Waals surface area contributed by atoms with E-state index in [9.17, 15) is 14.4 Å². The fourth-order valence-electron chi connectivity index (χ4n) is 3.21. The molecule has 0 atom stereocenters. The maximum atomic E-state index is 15.3. The summed E-state index contributed by atoms with van der Waals surface area (Å²) in [6, 6.07) is 3.06. The molecule has 0 radical (unpaired) electrons. The molecule has 3 rings (SSSR count). The zero-order chi connectivity index (χ0) is 19.4. The summed E-state index contributed by atoms with van der Waals surface area (Å²) in [6.45, 7) is 4.49. The van der Waals surface area contributed by atoms with Gasteiger partial charge in [0.25, 0.3) is 5.43 Å². The standard InChI is InChI=1S/C18H18FN3O4/c1-9(23)15-16(24)12(26-5)8-22(20-15)11-7-6-10-13(14(11)19)18(2,3)17(25)21(10)4/h6-8H,1-5H3. The first-order valence-corrected chi connectivity index (χ1v) is 7.91. The third-order valence-corrected chi connectivity index (χ3v) is 4.61. The van der Waals surface area contributed by atoms with Gasteiger partial charge in [0.15, 0.2) is 23.0 Å². The number of ketones is 1. The number of carbonyl (C=O) groups excluding carboxylic acids is 2. The highest BCUT2D eigenvalue weighted by Crippen LogP contribution is 2.43. The van der Waals surface area contributed by atoms with Crippen LogP contribution in [0, 0.1) is 5.82 Å². The number of rotatable bonds is 3. The summed E-state index contributed by atoms with van der Waals surface area (Å²) in [5.41, 5.74) is -1.32. The monoisotopic (exact) mass is 359 g/mol. The van der Waals surface area contributed by atoms with Crippen molar-refractivity contribution in [2.24, 2.45) is 0 Å². The number of anilines is 1. The Bertz CT molecular complexity index is 1010. The molecule has 26 heavy (non-hydrogen) atoms. The molecule has 2 heterocycles. The number of aromatic nitrogens is 2. The van der Waals surface area contributed by atoms with Crippen molar-refractivity contribution in [1.29, 1.82) is 0 Å². The summed E-state index contributed by atoms with van der Waals surface area (Å²) in [4.78, 5) is 37.6. The van der Waals surface area contributed by atoms with Gasteiger partial charge in [-0.05, 0) is 26.0 Å². The van der Waals surface area contributed by atoms with E-state index in [1.807, 2.05) is 0 Å². The average molecular weight is 359 g/mol. The highest BCUT2D eigenvalue weighted by molar-refractivity contribution is 6.07. The quantitative estimate of drug-likeness (QED) is 0.781. The Morgan fingerprint density at radius 1 is 1.23 bits per heavy atom. The summed E-state index contributed by atoms with van der Waals surface area (Å²) < 4.78 is 21.4. The molecule has 1 aliphatic rings. The molecule has 1 amide bonds. The van der Waals surface area contributed by atoms with Crippen LogP contribution in [-0.4, -0.2) is 35.6 Å². The Balaban J connectivity index is 2.30. The number of likely N-dealkylation sites (N-methyl/N-ethyl adjacent to an activating group) is 1. The fourth-order valence-corrected chi connectivity index (χ4v) is 3.21. The van der Waals surface area contributed by atoms with Crippen molar-refractivity contribution in [3.8, 4) is 11.4 Å². The first-order valence-electron chi connectivity index (χ1n) is 7.91. The molecular weight excluding hydrogens is 341 g/mol. The van der Waals surface area contributed by atoms with Crippen LogP contribution in [0.3, 0.4) is 0 Å². The van der Waals surface area contributed by atoms with Gasteiger partial charge in [-0.25, -0.2) is 9.07 Å². The lowest BCUT2D eigenvalue weighted by atomic mass is 9.85. The zero-order valence-electron chi connectivity index (χ0n) is 15.1. The van der Waals surface area contributed by atoms with E-state index in [4.69, 9.17) is 4.74 Å². The number of Topliss-reactive ketones (excluding diaryl/α,β-unsaturated/α-hetero) is 1. The van der Waals surface area contributed by atoms with Crippen LogP contribution in [0.25, 0.3) is 5.69 Å². The first-order chi connectivity index (χ1) is 12.1. The number of hydrogen-bond donors (Lipinski definition) is 0. The summed E-state index contributed by atoms with van der Waals surface area (Å²) in [5.74, 6) is -1.55. The molecule has 7 nitrogen and oxygen atoms in total. The molecule has 136 valence electrons. The van der Waals surface area contributed by atoms with Gasteiger partial charge in [-0.15, -0.1) is 0 Å². The largest absolute Gasteiger partial charge is 0.491 e. The van der Waals surface area contributed by atoms with E-state index in [2.05, 4.69) is 5.10 Å². The number of ether oxygens (including phenoxy) is 1. The lowest BCUT2D eigenvalue weighted by Gasteiger charge is -2.18. The Morgan fingerprint density at radius 2 is 1.85 bits per heavy atom. The van der Waals surface area contributed by atoms with Crippen LogP contribution in [0.5, 0.6) is 5.75 Å². The molecule has 0 fully saturated rings. The maximum Gasteiger partial charge on any atom is 0.252 e. The van der Waals surface area contributed by atoms with Crippen LogP contribution >= 0.6 is 0 Å². The minimum atomic E-state index is -1.04.